The van der Waals surface area contributed by atoms with Gasteiger partial charge < -0.3 is 32.3 Å². The van der Waals surface area contributed by atoms with E-state index in [2.05, 4.69) is 22.6 Å². The van der Waals surface area contributed by atoms with E-state index in [9.17, 15) is 14.7 Å². The van der Waals surface area contributed by atoms with E-state index in [1.54, 1.807) is 24.3 Å². The van der Waals surface area contributed by atoms with Gasteiger partial charge in [-0.2, -0.15) is 0 Å². The minimum Gasteiger partial charge on any atom is -0.742 e. The Morgan fingerprint density at radius 3 is 2.47 bits per heavy atom. The third-order valence-electron chi connectivity index (χ3n) is 2.39. The number of hydrogen-bond donors (Lipinski definition) is 1. The minimum absolute atomic E-state index is 0. The average molecular weight is 294 g/mol. The van der Waals surface area contributed by atoms with E-state index in [4.69, 9.17) is 0 Å². The number of carboxylic acids is 1. The van der Waals surface area contributed by atoms with Crippen LogP contribution in [-0.2, 0) is 22.2 Å². The van der Waals surface area contributed by atoms with E-state index in [1.165, 1.54) is 0 Å². The molecule has 0 fully saturated rings. The number of carbonyl (C=O) groups is 2. The molecule has 1 heterocycles. The van der Waals surface area contributed by atoms with Gasteiger partial charge in [0.25, 0.3) is 0 Å². The van der Waals surface area contributed by atoms with Crippen LogP contribution in [0.25, 0.3) is 11.0 Å². The van der Waals surface area contributed by atoms with Gasteiger partial charge in [0.05, 0.1) is 22.9 Å². The van der Waals surface area contributed by atoms with E-state index < -0.39 is 17.0 Å². The largest absolute Gasteiger partial charge is 1.00 e. The van der Waals surface area contributed by atoms with Gasteiger partial charge in [-0.05, 0) is 18.6 Å². The van der Waals surface area contributed by atoms with Crippen LogP contribution in [0.1, 0.15) is 18.2 Å². The Balaban J connectivity index is 0.00000162. The predicted molar refractivity (Wildman–Crippen MR) is 60.8 cm³/mol. The zero-order chi connectivity index (χ0) is 12.4. The van der Waals surface area contributed by atoms with E-state index in [0.29, 0.717) is 11.0 Å². The number of fused-ring (bicyclic) bond motifs is 1. The van der Waals surface area contributed by atoms with Gasteiger partial charge in [0.15, 0.2) is 0 Å². The Hall–Kier alpha value is 0.0500. The normalized spacial score (nSPS) is 11.2. The van der Waals surface area contributed by atoms with Crippen molar-refractivity contribution in [3.8, 4) is 0 Å². The fraction of sp³-hybridized carbons (Fsp3) is 0.182. The summed E-state index contributed by atoms with van der Waals surface area (Å²) in [6, 6.07) is 7.11. The number of para-hydroxylation sites is 2. The summed E-state index contributed by atoms with van der Waals surface area (Å²) in [5.74, 6) is -2.28. The molecule has 0 spiro atoms. The molecular weight excluding hydrogens is 286 g/mol. The second kappa shape index (κ2) is 8.36. The second-order valence-electron chi connectivity index (χ2n) is 3.59. The molecule has 0 aliphatic rings. The van der Waals surface area contributed by atoms with Crippen LogP contribution in [0.3, 0.4) is 0 Å². The van der Waals surface area contributed by atoms with Gasteiger partial charge in [0, 0.05) is 5.12 Å². The molecule has 8 heteroatoms. The number of benzene rings is 1. The first kappa shape index (κ1) is 19.1. The molecular formula is C11H8N2Na2O3S. The van der Waals surface area contributed by atoms with Gasteiger partial charge in [-0.3, -0.25) is 0 Å². The first-order valence-corrected chi connectivity index (χ1v) is 5.34. The number of carboxylic acid groups (broad SMARTS) is 1. The topological polar surface area (TPSA) is 85.9 Å². The van der Waals surface area contributed by atoms with Crippen LogP contribution < -0.4 is 64.2 Å². The maximum absolute atomic E-state index is 10.9. The average Bonchev–Trinajstić information content (AvgIpc) is 2.68. The maximum atomic E-state index is 10.9. The van der Waals surface area contributed by atoms with Crippen LogP contribution in [0.4, 0.5) is 0 Å². The standard InChI is InChI=1S/C11H10N2O3S.2Na/c14-9(17)5-6(11(15)16)10-12-7-3-1-2-4-8(7)13-10;;/h1-4,6H,5H2,(H,12,13)(H,14,17)(H,15,16);;/q;2*+1/p-2. The molecule has 0 bridgehead atoms. The van der Waals surface area contributed by atoms with Crippen molar-refractivity contribution in [3.63, 3.8) is 0 Å². The summed E-state index contributed by atoms with van der Waals surface area (Å²) in [5.41, 5.74) is 1.36. The van der Waals surface area contributed by atoms with E-state index in [1.807, 2.05) is 0 Å². The Morgan fingerprint density at radius 1 is 1.32 bits per heavy atom. The Labute approximate surface area is 159 Å². The molecule has 88 valence electrons. The number of imidazole rings is 1. The van der Waals surface area contributed by atoms with Gasteiger partial charge in [0.1, 0.15) is 5.82 Å². The summed E-state index contributed by atoms with van der Waals surface area (Å²) < 4.78 is 0. The van der Waals surface area contributed by atoms with E-state index in [-0.39, 0.29) is 71.4 Å². The third kappa shape index (κ3) is 4.82. The zero-order valence-corrected chi connectivity index (χ0v) is 15.5. The third-order valence-corrected chi connectivity index (χ3v) is 2.56. The number of nitrogens with zero attached hydrogens (tertiary/aromatic N) is 1. The van der Waals surface area contributed by atoms with Crippen molar-refractivity contribution in [1.29, 1.82) is 0 Å². The number of hydrogen-bond acceptors (Lipinski definition) is 5. The van der Waals surface area contributed by atoms with Crippen LogP contribution in [0.15, 0.2) is 24.3 Å². The summed E-state index contributed by atoms with van der Waals surface area (Å²) in [7, 11) is 0. The Morgan fingerprint density at radius 2 is 1.95 bits per heavy atom. The molecule has 0 radical (unpaired) electrons. The van der Waals surface area contributed by atoms with E-state index >= 15 is 0 Å². The van der Waals surface area contributed by atoms with Gasteiger partial charge in [0.2, 0.25) is 0 Å². The summed E-state index contributed by atoms with van der Waals surface area (Å²) in [4.78, 5) is 28.7. The first-order chi connectivity index (χ1) is 8.08. The van der Waals surface area contributed by atoms with Crippen molar-refractivity contribution in [3.05, 3.63) is 30.1 Å². The van der Waals surface area contributed by atoms with Crippen LogP contribution in [0.2, 0.25) is 0 Å². The molecule has 0 aliphatic carbocycles. The summed E-state index contributed by atoms with van der Waals surface area (Å²) >= 11 is 4.38. The number of aromatic nitrogens is 2. The molecule has 0 amide bonds. The molecule has 1 aromatic carbocycles. The van der Waals surface area contributed by atoms with Crippen molar-refractivity contribution >= 4 is 34.7 Å². The molecule has 1 unspecified atom stereocenters. The Kier molecular flexibility index (Phi) is 8.38. The smallest absolute Gasteiger partial charge is 0.742 e. The minimum atomic E-state index is -1.36. The molecule has 0 aliphatic heterocycles. The number of aromatic amines is 1. The van der Waals surface area contributed by atoms with Gasteiger partial charge in [-0.1, -0.05) is 12.1 Å². The Bertz CT molecular complexity index is 555. The van der Waals surface area contributed by atoms with Crippen molar-refractivity contribution in [2.24, 2.45) is 0 Å². The molecule has 0 saturated heterocycles. The number of H-pyrrole nitrogens is 1. The molecule has 19 heavy (non-hydrogen) atoms. The van der Waals surface area contributed by atoms with Crippen molar-refractivity contribution < 1.29 is 73.8 Å². The summed E-state index contributed by atoms with van der Waals surface area (Å²) in [6.07, 6.45) is -0.294. The molecule has 1 aromatic heterocycles. The van der Waals surface area contributed by atoms with Gasteiger partial charge in [-0.25, -0.2) is 4.98 Å². The monoisotopic (exact) mass is 294 g/mol. The van der Waals surface area contributed by atoms with Crippen LogP contribution >= 0.6 is 0 Å². The number of aliphatic carboxylic acids is 1. The quantitative estimate of drug-likeness (QED) is 0.448. The fourth-order valence-corrected chi connectivity index (χ4v) is 1.76. The number of nitrogens with one attached hydrogen (secondary N) is 1. The zero-order valence-electron chi connectivity index (χ0n) is 10.7. The molecule has 1 N–H and O–H groups in total. The second-order valence-corrected chi connectivity index (χ2v) is 4.04. The maximum Gasteiger partial charge on any atom is 1.00 e. The first-order valence-electron chi connectivity index (χ1n) is 4.93. The molecule has 0 saturated carbocycles. The molecule has 2 aromatic rings. The summed E-state index contributed by atoms with van der Waals surface area (Å²) in [6.45, 7) is 0. The van der Waals surface area contributed by atoms with Crippen molar-refractivity contribution in [2.75, 3.05) is 0 Å². The van der Waals surface area contributed by atoms with Crippen LogP contribution in [0, 0.1) is 0 Å². The molecule has 2 rings (SSSR count). The fourth-order valence-electron chi connectivity index (χ4n) is 1.60. The summed E-state index contributed by atoms with van der Waals surface area (Å²) in [5, 5.41) is 10.3. The van der Waals surface area contributed by atoms with Crippen LogP contribution in [-0.4, -0.2) is 21.1 Å². The van der Waals surface area contributed by atoms with Gasteiger partial charge in [-0.15, -0.1) is 0 Å². The van der Waals surface area contributed by atoms with E-state index in [0.717, 1.165) is 0 Å². The van der Waals surface area contributed by atoms with Crippen LogP contribution in [0.5, 0.6) is 0 Å². The number of carbonyl (C=O) groups excluding carboxylic acids is 2. The predicted octanol–water partition coefficient (Wildman–Crippen LogP) is -6.13. The van der Waals surface area contributed by atoms with Crippen molar-refractivity contribution in [1.82, 2.24) is 9.97 Å². The SMILES string of the molecule is O=C([S-])CC(C(=O)[O-])c1nc2ccccc2[nH]1.[Na+].[Na+]. The molecule has 1 atom stereocenters. The molecule has 5 nitrogen and oxygen atoms in total. The number of rotatable bonds is 4. The van der Waals surface area contributed by atoms with Gasteiger partial charge >= 0.3 is 59.1 Å². The van der Waals surface area contributed by atoms with Crippen molar-refractivity contribution in [2.45, 2.75) is 12.3 Å².